The fraction of sp³-hybridized carbons (Fsp3) is 0.200. The molecule has 3 N–H and O–H groups in total. The molecule has 0 aliphatic carbocycles. The number of hydrogen-bond acceptors (Lipinski definition) is 4. The number of nitrogens with one attached hydrogen (secondary N) is 2. The molecule has 1 heterocycles. The molecule has 2 aromatic rings. The number of carbonyl (C=O) groups is 2. The minimum Gasteiger partial charge on any atom is -0.378 e. The zero-order valence-corrected chi connectivity index (χ0v) is 13.2. The topological polar surface area (TPSA) is 78.4 Å². The van der Waals surface area contributed by atoms with Gasteiger partial charge in [-0.25, -0.2) is 0 Å². The predicted molar refractivity (Wildman–Crippen MR) is 86.1 cm³/mol. The fourth-order valence-electron chi connectivity index (χ4n) is 1.79. The number of halogens is 1. The van der Waals surface area contributed by atoms with E-state index in [1.807, 2.05) is 5.38 Å². The van der Waals surface area contributed by atoms with Crippen molar-refractivity contribution in [2.24, 2.45) is 0 Å². The highest BCUT2D eigenvalue weighted by Crippen LogP contribution is 2.22. The lowest BCUT2D eigenvalue weighted by atomic mass is 10.1. The van der Waals surface area contributed by atoms with E-state index in [0.29, 0.717) is 15.5 Å². The molecule has 0 aliphatic heterocycles. The van der Waals surface area contributed by atoms with Gasteiger partial charge in [0.2, 0.25) is 0 Å². The molecule has 2 rings (SSSR count). The number of carbonyl (C=O) groups excluding carboxylic acids is 2. The van der Waals surface area contributed by atoms with Crippen molar-refractivity contribution in [3.05, 3.63) is 57.2 Å². The van der Waals surface area contributed by atoms with Gasteiger partial charge in [0.05, 0.1) is 4.88 Å². The zero-order valence-electron chi connectivity index (χ0n) is 11.6. The van der Waals surface area contributed by atoms with Crippen LogP contribution in [0.2, 0.25) is 5.02 Å². The zero-order chi connectivity index (χ0) is 15.9. The van der Waals surface area contributed by atoms with Gasteiger partial charge in [0.1, 0.15) is 0 Å². The van der Waals surface area contributed by atoms with E-state index in [1.54, 1.807) is 36.4 Å². The summed E-state index contributed by atoms with van der Waals surface area (Å²) in [5.41, 5.74) is 0.351. The van der Waals surface area contributed by atoms with Crippen LogP contribution in [0.3, 0.4) is 0 Å². The van der Waals surface area contributed by atoms with Crippen LogP contribution in [0.15, 0.2) is 41.8 Å². The largest absolute Gasteiger partial charge is 0.378 e. The molecule has 0 unspecified atom stereocenters. The van der Waals surface area contributed by atoms with Gasteiger partial charge in [-0.05, 0) is 17.5 Å². The molecule has 0 radical (unpaired) electrons. The van der Waals surface area contributed by atoms with Crippen molar-refractivity contribution in [1.29, 1.82) is 0 Å². The van der Waals surface area contributed by atoms with Gasteiger partial charge in [-0.3, -0.25) is 9.59 Å². The van der Waals surface area contributed by atoms with Crippen LogP contribution in [0, 0.1) is 0 Å². The molecular formula is C15H15ClN2O3S. The number of benzene rings is 1. The SMILES string of the molecule is O=C(NCCNC(=O)[C@H](O)c1ccccc1Cl)c1cccs1. The van der Waals surface area contributed by atoms with Gasteiger partial charge in [-0.1, -0.05) is 35.9 Å². The fourth-order valence-corrected chi connectivity index (χ4v) is 2.67. The summed E-state index contributed by atoms with van der Waals surface area (Å²) in [6.45, 7) is 0.495. The van der Waals surface area contributed by atoms with Crippen molar-refractivity contribution < 1.29 is 14.7 Å². The standard InChI is InChI=1S/C15H15ClN2O3S/c16-11-5-2-1-4-10(11)13(19)15(21)18-8-7-17-14(20)12-6-3-9-22-12/h1-6,9,13,19H,7-8H2,(H,17,20)(H,18,21)/t13-/m1/s1. The summed E-state index contributed by atoms with van der Waals surface area (Å²) < 4.78 is 0. The minimum atomic E-state index is -1.33. The average Bonchev–Trinajstić information content (AvgIpc) is 3.05. The molecule has 1 atom stereocenters. The molecule has 1 aromatic heterocycles. The summed E-state index contributed by atoms with van der Waals surface area (Å²) in [7, 11) is 0. The second kappa shape index (κ2) is 7.93. The van der Waals surface area contributed by atoms with E-state index in [1.165, 1.54) is 11.3 Å². The third-order valence-corrected chi connectivity index (χ3v) is 4.12. The maximum atomic E-state index is 11.8. The molecular weight excluding hydrogens is 324 g/mol. The molecule has 1 aromatic carbocycles. The van der Waals surface area contributed by atoms with Crippen LogP contribution in [0.25, 0.3) is 0 Å². The Hall–Kier alpha value is -1.89. The Balaban J connectivity index is 1.76. The summed E-state index contributed by atoms with van der Waals surface area (Å²) in [6.07, 6.45) is -1.33. The molecule has 0 bridgehead atoms. The van der Waals surface area contributed by atoms with Crippen LogP contribution in [0.4, 0.5) is 0 Å². The van der Waals surface area contributed by atoms with Crippen LogP contribution >= 0.6 is 22.9 Å². The summed E-state index contributed by atoms with van der Waals surface area (Å²) in [5.74, 6) is -0.741. The second-order valence-electron chi connectivity index (χ2n) is 4.45. The maximum Gasteiger partial charge on any atom is 0.261 e. The first-order valence-corrected chi connectivity index (χ1v) is 7.87. The van der Waals surface area contributed by atoms with Crippen LogP contribution in [-0.4, -0.2) is 30.0 Å². The summed E-state index contributed by atoms with van der Waals surface area (Å²) >= 11 is 7.27. The Morgan fingerprint density at radius 3 is 2.55 bits per heavy atom. The van der Waals surface area contributed by atoms with E-state index in [2.05, 4.69) is 10.6 Å². The highest BCUT2D eigenvalue weighted by atomic mass is 35.5. The lowest BCUT2D eigenvalue weighted by molar-refractivity contribution is -0.129. The molecule has 0 fully saturated rings. The van der Waals surface area contributed by atoms with Gasteiger partial charge >= 0.3 is 0 Å². The number of thiophene rings is 1. The number of hydrogen-bond donors (Lipinski definition) is 3. The Bertz CT molecular complexity index is 646. The van der Waals surface area contributed by atoms with E-state index in [4.69, 9.17) is 11.6 Å². The van der Waals surface area contributed by atoms with Gasteiger partial charge in [-0.2, -0.15) is 0 Å². The van der Waals surface area contributed by atoms with Crippen LogP contribution < -0.4 is 10.6 Å². The van der Waals surface area contributed by atoms with Gasteiger partial charge in [0.25, 0.3) is 11.8 Å². The molecule has 0 aliphatic rings. The summed E-state index contributed by atoms with van der Waals surface area (Å²) in [4.78, 5) is 24.1. The van der Waals surface area contributed by atoms with Gasteiger partial charge in [0.15, 0.2) is 6.10 Å². The van der Waals surface area contributed by atoms with E-state index in [9.17, 15) is 14.7 Å². The Labute approximate surface area is 136 Å². The molecule has 7 heteroatoms. The first-order valence-electron chi connectivity index (χ1n) is 6.61. The first kappa shape index (κ1) is 16.5. The third kappa shape index (κ3) is 4.30. The van der Waals surface area contributed by atoms with E-state index < -0.39 is 12.0 Å². The lowest BCUT2D eigenvalue weighted by Gasteiger charge is -2.13. The quantitative estimate of drug-likeness (QED) is 0.705. The molecule has 116 valence electrons. The first-order chi connectivity index (χ1) is 10.6. The normalized spacial score (nSPS) is 11.7. The minimum absolute atomic E-state index is 0.184. The van der Waals surface area contributed by atoms with Crippen molar-refractivity contribution in [3.63, 3.8) is 0 Å². The van der Waals surface area contributed by atoms with Crippen LogP contribution in [0.5, 0.6) is 0 Å². The number of rotatable bonds is 6. The Kier molecular flexibility index (Phi) is 5.94. The Morgan fingerprint density at radius 2 is 1.86 bits per heavy atom. The van der Waals surface area contributed by atoms with Crippen molar-refractivity contribution in [2.45, 2.75) is 6.10 Å². The molecule has 0 spiro atoms. The third-order valence-electron chi connectivity index (χ3n) is 2.90. The highest BCUT2D eigenvalue weighted by molar-refractivity contribution is 7.12. The molecule has 0 saturated carbocycles. The van der Waals surface area contributed by atoms with E-state index in [0.717, 1.165) is 0 Å². The molecule has 2 amide bonds. The highest BCUT2D eigenvalue weighted by Gasteiger charge is 2.19. The lowest BCUT2D eigenvalue weighted by Crippen LogP contribution is -2.36. The monoisotopic (exact) mass is 338 g/mol. The Morgan fingerprint density at radius 1 is 1.14 bits per heavy atom. The van der Waals surface area contributed by atoms with E-state index in [-0.39, 0.29) is 19.0 Å². The van der Waals surface area contributed by atoms with E-state index >= 15 is 0 Å². The molecule has 0 saturated heterocycles. The molecule has 22 heavy (non-hydrogen) atoms. The van der Waals surface area contributed by atoms with Gasteiger partial charge in [-0.15, -0.1) is 11.3 Å². The van der Waals surface area contributed by atoms with Gasteiger partial charge < -0.3 is 15.7 Å². The van der Waals surface area contributed by atoms with Crippen molar-refractivity contribution >= 4 is 34.8 Å². The second-order valence-corrected chi connectivity index (χ2v) is 5.80. The number of aliphatic hydroxyl groups excluding tert-OH is 1. The number of amides is 2. The summed E-state index contributed by atoms with van der Waals surface area (Å²) in [5, 5.41) is 17.3. The van der Waals surface area contributed by atoms with Crippen LogP contribution in [0.1, 0.15) is 21.3 Å². The number of aliphatic hydroxyl groups is 1. The summed E-state index contributed by atoms with van der Waals surface area (Å²) in [6, 6.07) is 10.1. The van der Waals surface area contributed by atoms with Crippen molar-refractivity contribution in [2.75, 3.05) is 13.1 Å². The van der Waals surface area contributed by atoms with Crippen molar-refractivity contribution in [3.8, 4) is 0 Å². The maximum absolute atomic E-state index is 11.8. The molecule has 5 nitrogen and oxygen atoms in total. The van der Waals surface area contributed by atoms with Crippen LogP contribution in [-0.2, 0) is 4.79 Å². The predicted octanol–water partition coefficient (Wildman–Crippen LogP) is 1.98. The van der Waals surface area contributed by atoms with Gasteiger partial charge in [0, 0.05) is 23.7 Å². The van der Waals surface area contributed by atoms with Crippen molar-refractivity contribution in [1.82, 2.24) is 10.6 Å². The average molecular weight is 339 g/mol. The smallest absolute Gasteiger partial charge is 0.261 e.